The summed E-state index contributed by atoms with van der Waals surface area (Å²) in [4.78, 5) is 33.5. The first-order valence-corrected chi connectivity index (χ1v) is 7.64. The monoisotopic (exact) mass is 332 g/mol. The van der Waals surface area contributed by atoms with Crippen LogP contribution in [0.4, 0.5) is 5.69 Å². The van der Waals surface area contributed by atoms with E-state index < -0.39 is 33.3 Å². The molecule has 2 saturated carbocycles. The lowest BCUT2D eigenvalue weighted by atomic mass is 9.83. The van der Waals surface area contributed by atoms with E-state index in [4.69, 9.17) is 0 Å². The number of hydrogen-bond donors (Lipinski definition) is 1. The lowest BCUT2D eigenvalue weighted by molar-refractivity contribution is -0.547. The molecule has 0 spiro atoms. The van der Waals surface area contributed by atoms with Crippen LogP contribution in [0.3, 0.4) is 0 Å². The second-order valence-electron chi connectivity index (χ2n) is 6.36. The molecule has 4 atom stereocenters. The molecule has 0 radical (unpaired) electrons. The fraction of sp³-hybridized carbons (Fsp3) is 0.438. The van der Waals surface area contributed by atoms with Gasteiger partial charge in [0.05, 0.1) is 16.4 Å². The van der Waals surface area contributed by atoms with Crippen molar-refractivity contribution in [3.05, 3.63) is 56.1 Å². The smallest absolute Gasteiger partial charge is 0.276 e. The Balaban J connectivity index is 1.97. The zero-order chi connectivity index (χ0) is 17.5. The average Bonchev–Trinajstić information content (AvgIpc) is 2.78. The zero-order valence-electron chi connectivity index (χ0n) is 12.7. The Hall–Kier alpha value is -2.61. The fourth-order valence-corrected chi connectivity index (χ4v) is 3.91. The number of hydrogen-bond acceptors (Lipinski definition) is 6. The maximum absolute atomic E-state index is 12.1. The molecule has 0 heterocycles. The summed E-state index contributed by atoms with van der Waals surface area (Å²) in [6.07, 6.45) is 3.20. The Kier molecular flexibility index (Phi) is 3.92. The van der Waals surface area contributed by atoms with Gasteiger partial charge in [0.2, 0.25) is 6.04 Å². The van der Waals surface area contributed by atoms with Crippen molar-refractivity contribution in [1.29, 1.82) is 0 Å². The van der Waals surface area contributed by atoms with E-state index in [2.05, 4.69) is 0 Å². The second-order valence-corrected chi connectivity index (χ2v) is 6.36. The van der Waals surface area contributed by atoms with Crippen LogP contribution in [0, 0.1) is 32.1 Å². The number of fused-ring (bicyclic) bond motifs is 2. The Bertz CT molecular complexity index is 746. The van der Waals surface area contributed by atoms with E-state index >= 15 is 0 Å². The normalized spacial score (nSPS) is 32.2. The first-order valence-electron chi connectivity index (χ1n) is 7.64. The largest absolute Gasteiger partial charge is 0.383 e. The standard InChI is InChI=1S/C16H16N2O6/c19-14-7-8-16(20)9-12(14)11(15(16)18(23)24)6-5-10-3-1-2-4-13(10)17(21)22/h1-6,11-12,15,20H,7-9H2/b6-5+. The lowest BCUT2D eigenvalue weighted by Gasteiger charge is -2.26. The number of nitro benzene ring substituents is 1. The van der Waals surface area contributed by atoms with Gasteiger partial charge in [-0.1, -0.05) is 24.3 Å². The van der Waals surface area contributed by atoms with Crippen LogP contribution in [0.25, 0.3) is 6.08 Å². The molecule has 0 saturated heterocycles. The molecule has 2 bridgehead atoms. The van der Waals surface area contributed by atoms with Crippen LogP contribution in [0.5, 0.6) is 0 Å². The summed E-state index contributed by atoms with van der Waals surface area (Å²) in [6, 6.07) is 4.77. The molecular formula is C16H16N2O6. The zero-order valence-corrected chi connectivity index (χ0v) is 12.7. The van der Waals surface area contributed by atoms with E-state index in [1.165, 1.54) is 30.4 Å². The van der Waals surface area contributed by atoms with Crippen molar-refractivity contribution in [1.82, 2.24) is 0 Å². The van der Waals surface area contributed by atoms with E-state index in [0.29, 0.717) is 5.56 Å². The number of nitro groups is 2. The van der Waals surface area contributed by atoms with E-state index in [1.54, 1.807) is 6.07 Å². The van der Waals surface area contributed by atoms with Crippen LogP contribution in [0.15, 0.2) is 30.3 Å². The lowest BCUT2D eigenvalue weighted by Crippen LogP contribution is -2.45. The Morgan fingerprint density at radius 2 is 1.96 bits per heavy atom. The predicted molar refractivity (Wildman–Crippen MR) is 83.7 cm³/mol. The number of nitrogens with zero attached hydrogens (tertiary/aromatic N) is 2. The quantitative estimate of drug-likeness (QED) is 0.664. The van der Waals surface area contributed by atoms with E-state index in [-0.39, 0.29) is 30.7 Å². The van der Waals surface area contributed by atoms with Gasteiger partial charge < -0.3 is 5.11 Å². The number of para-hydroxylation sites is 1. The van der Waals surface area contributed by atoms with Gasteiger partial charge >= 0.3 is 0 Å². The van der Waals surface area contributed by atoms with Gasteiger partial charge in [-0.15, -0.1) is 0 Å². The number of Topliss-reactive ketones (excluding diaryl/α,β-unsaturated/α-hetero) is 1. The maximum Gasteiger partial charge on any atom is 0.276 e. The molecule has 1 N–H and O–H groups in total. The summed E-state index contributed by atoms with van der Waals surface area (Å²) in [5, 5.41) is 33.0. The molecular weight excluding hydrogens is 316 g/mol. The minimum absolute atomic E-state index is 0.0728. The van der Waals surface area contributed by atoms with Crippen molar-refractivity contribution < 1.29 is 19.7 Å². The second kappa shape index (κ2) is 5.79. The van der Waals surface area contributed by atoms with Gasteiger partial charge in [0, 0.05) is 23.3 Å². The first kappa shape index (κ1) is 16.3. The van der Waals surface area contributed by atoms with Crippen molar-refractivity contribution in [3.63, 3.8) is 0 Å². The number of carbonyl (C=O) groups excluding carboxylic acids is 1. The van der Waals surface area contributed by atoms with Crippen molar-refractivity contribution in [2.24, 2.45) is 11.8 Å². The molecule has 3 rings (SSSR count). The maximum atomic E-state index is 12.1. The highest BCUT2D eigenvalue weighted by atomic mass is 16.6. The van der Waals surface area contributed by atoms with Crippen LogP contribution in [0.1, 0.15) is 24.8 Å². The van der Waals surface area contributed by atoms with Crippen molar-refractivity contribution in [2.45, 2.75) is 30.9 Å². The van der Waals surface area contributed by atoms with Gasteiger partial charge in [0.15, 0.2) is 0 Å². The van der Waals surface area contributed by atoms with Gasteiger partial charge in [0.1, 0.15) is 11.4 Å². The SMILES string of the molecule is O=C1CCC2(O)CC1C(/C=C/c1ccccc1[N+](=O)[O-])C2[N+](=O)[O-]. The Morgan fingerprint density at radius 1 is 1.25 bits per heavy atom. The van der Waals surface area contributed by atoms with E-state index in [0.717, 1.165) is 0 Å². The molecule has 1 aromatic rings. The third-order valence-electron chi connectivity index (χ3n) is 5.03. The minimum atomic E-state index is -1.49. The summed E-state index contributed by atoms with van der Waals surface area (Å²) in [5.74, 6) is -1.47. The number of carbonyl (C=O) groups is 1. The Morgan fingerprint density at radius 3 is 2.62 bits per heavy atom. The van der Waals surface area contributed by atoms with Crippen LogP contribution >= 0.6 is 0 Å². The fourth-order valence-electron chi connectivity index (χ4n) is 3.91. The molecule has 8 nitrogen and oxygen atoms in total. The van der Waals surface area contributed by atoms with Crippen molar-refractivity contribution >= 4 is 17.5 Å². The molecule has 0 amide bonds. The third-order valence-corrected chi connectivity index (χ3v) is 5.03. The van der Waals surface area contributed by atoms with Gasteiger partial charge in [-0.05, 0) is 18.9 Å². The number of aliphatic hydroxyl groups is 1. The van der Waals surface area contributed by atoms with Gasteiger partial charge in [-0.3, -0.25) is 25.0 Å². The van der Waals surface area contributed by atoms with Crippen molar-refractivity contribution in [3.8, 4) is 0 Å². The molecule has 0 aliphatic heterocycles. The summed E-state index contributed by atoms with van der Waals surface area (Å²) in [7, 11) is 0. The molecule has 2 aliphatic carbocycles. The van der Waals surface area contributed by atoms with E-state index in [1.807, 2.05) is 0 Å². The molecule has 126 valence electrons. The van der Waals surface area contributed by atoms with E-state index in [9.17, 15) is 30.1 Å². The number of rotatable bonds is 4. The average molecular weight is 332 g/mol. The van der Waals surface area contributed by atoms with Crippen LogP contribution in [0.2, 0.25) is 0 Å². The molecule has 2 aliphatic rings. The first-order chi connectivity index (χ1) is 11.3. The molecule has 4 unspecified atom stereocenters. The highest BCUT2D eigenvalue weighted by Gasteiger charge is 2.63. The number of benzene rings is 1. The third kappa shape index (κ3) is 2.58. The summed E-state index contributed by atoms with van der Waals surface area (Å²) < 4.78 is 0. The molecule has 1 aromatic carbocycles. The van der Waals surface area contributed by atoms with Crippen LogP contribution < -0.4 is 0 Å². The Labute approximate surface area is 137 Å². The highest BCUT2D eigenvalue weighted by Crippen LogP contribution is 2.49. The summed E-state index contributed by atoms with van der Waals surface area (Å²) >= 11 is 0. The van der Waals surface area contributed by atoms with Crippen LogP contribution in [-0.2, 0) is 4.79 Å². The number of ketones is 1. The molecule has 8 heteroatoms. The van der Waals surface area contributed by atoms with Gasteiger partial charge in [0.25, 0.3) is 5.69 Å². The minimum Gasteiger partial charge on any atom is -0.383 e. The predicted octanol–water partition coefficient (Wildman–Crippen LogP) is 1.98. The topological polar surface area (TPSA) is 124 Å². The van der Waals surface area contributed by atoms with Gasteiger partial charge in [-0.25, -0.2) is 0 Å². The molecule has 2 fully saturated rings. The molecule has 24 heavy (non-hydrogen) atoms. The summed E-state index contributed by atoms with van der Waals surface area (Å²) in [6.45, 7) is 0. The summed E-state index contributed by atoms with van der Waals surface area (Å²) in [5.41, 5.74) is -1.29. The van der Waals surface area contributed by atoms with Crippen LogP contribution in [-0.4, -0.2) is 32.4 Å². The van der Waals surface area contributed by atoms with Crippen molar-refractivity contribution in [2.75, 3.05) is 0 Å². The highest BCUT2D eigenvalue weighted by molar-refractivity contribution is 5.84. The van der Waals surface area contributed by atoms with Gasteiger partial charge in [-0.2, -0.15) is 0 Å². The molecule has 0 aromatic heterocycles.